The molecule has 0 spiro atoms. The van der Waals surface area contributed by atoms with E-state index in [-0.39, 0.29) is 35.8 Å². The minimum absolute atomic E-state index is 0.0221. The molecule has 0 radical (unpaired) electrons. The normalized spacial score (nSPS) is 16.4. The number of hydrogen-bond donors (Lipinski definition) is 5. The van der Waals surface area contributed by atoms with Crippen LogP contribution in [0.25, 0.3) is 0 Å². The quantitative estimate of drug-likeness (QED) is 0.151. The monoisotopic (exact) mass is 693 g/mol. The molecule has 0 saturated carbocycles. The van der Waals surface area contributed by atoms with Gasteiger partial charge in [-0.15, -0.1) is 0 Å². The summed E-state index contributed by atoms with van der Waals surface area (Å²) in [6, 6.07) is 13.7. The van der Waals surface area contributed by atoms with Crippen molar-refractivity contribution < 1.29 is 13.2 Å². The van der Waals surface area contributed by atoms with E-state index in [2.05, 4.69) is 40.3 Å². The molecular weight excluding hydrogens is 658 g/mol. The Labute approximate surface area is 283 Å². The number of fused-ring (bicyclic) bond motifs is 1. The van der Waals surface area contributed by atoms with Crippen LogP contribution in [0.5, 0.6) is 0 Å². The minimum atomic E-state index is -3.83. The number of aromatic nitrogens is 5. The zero-order valence-corrected chi connectivity index (χ0v) is 28.0. The fourth-order valence-electron chi connectivity index (χ4n) is 5.18. The number of rotatable bonds is 10. The van der Waals surface area contributed by atoms with Crippen molar-refractivity contribution in [2.45, 2.75) is 17.4 Å². The molecule has 2 aliphatic heterocycles. The third-order valence-electron chi connectivity index (χ3n) is 7.66. The van der Waals surface area contributed by atoms with E-state index in [1.165, 1.54) is 12.1 Å². The molecule has 1 saturated heterocycles. The second kappa shape index (κ2) is 14.1. The van der Waals surface area contributed by atoms with E-state index in [1.807, 2.05) is 31.1 Å². The van der Waals surface area contributed by atoms with Gasteiger partial charge in [-0.05, 0) is 35.4 Å². The van der Waals surface area contributed by atoms with Crippen LogP contribution >= 0.6 is 11.6 Å². The molecule has 0 bridgehead atoms. The lowest BCUT2D eigenvalue weighted by Gasteiger charge is -2.27. The van der Waals surface area contributed by atoms with Gasteiger partial charge < -0.3 is 36.6 Å². The number of nitrogen functional groups attached to an aromatic ring is 2. The maximum absolute atomic E-state index is 13.2. The van der Waals surface area contributed by atoms with E-state index in [9.17, 15) is 8.42 Å². The number of halogens is 1. The Morgan fingerprint density at radius 2 is 1.71 bits per heavy atom. The molecule has 1 atom stereocenters. The Hall–Kier alpha value is -4.84. The Kier molecular flexibility index (Phi) is 9.72. The molecular formula is C30H36ClN13O3S. The van der Waals surface area contributed by atoms with E-state index in [1.54, 1.807) is 29.2 Å². The second-order valence-corrected chi connectivity index (χ2v) is 13.5. The zero-order valence-electron chi connectivity index (χ0n) is 26.4. The number of morpholine rings is 1. The molecule has 2 aromatic carbocycles. The van der Waals surface area contributed by atoms with Gasteiger partial charge in [-0.1, -0.05) is 35.9 Å². The number of nitrogens with one attached hydrogen (secondary N) is 3. The molecule has 252 valence electrons. The summed E-state index contributed by atoms with van der Waals surface area (Å²) in [6.45, 7) is 2.88. The van der Waals surface area contributed by atoms with Crippen LogP contribution in [0.2, 0.25) is 5.02 Å². The Morgan fingerprint density at radius 1 is 0.979 bits per heavy atom. The first-order chi connectivity index (χ1) is 23.1. The maximum Gasteiger partial charge on any atom is 0.240 e. The van der Waals surface area contributed by atoms with E-state index >= 15 is 0 Å². The van der Waals surface area contributed by atoms with Gasteiger partial charge in [-0.25, -0.2) is 18.1 Å². The van der Waals surface area contributed by atoms with E-state index < -0.39 is 10.0 Å². The molecule has 4 heterocycles. The maximum atomic E-state index is 13.2. The molecule has 6 rings (SSSR count). The molecule has 1 unspecified atom stereocenters. The predicted octanol–water partition coefficient (Wildman–Crippen LogP) is 2.45. The SMILES string of the molecule is CN(C)c1nc(NCCNS(=O)(=O)c2ccc(C3=Nc4c(N)nc(N)nc4NC(c4ccc(Cl)cc4)C3)cc2)nc(N2CCOCC2)n1. The van der Waals surface area contributed by atoms with Crippen molar-refractivity contribution in [2.24, 2.45) is 4.99 Å². The highest BCUT2D eigenvalue weighted by Gasteiger charge is 2.25. The van der Waals surface area contributed by atoms with E-state index in [0.29, 0.717) is 78.4 Å². The first-order valence-corrected chi connectivity index (χ1v) is 17.0. The summed E-state index contributed by atoms with van der Waals surface area (Å²) in [5, 5.41) is 7.10. The smallest absolute Gasteiger partial charge is 0.240 e. The van der Waals surface area contributed by atoms with Gasteiger partial charge in [0.05, 0.1) is 29.9 Å². The molecule has 4 aromatic rings. The van der Waals surface area contributed by atoms with Gasteiger partial charge in [-0.2, -0.15) is 24.9 Å². The van der Waals surface area contributed by atoms with Crippen LogP contribution in [0.1, 0.15) is 23.6 Å². The molecule has 0 amide bonds. The number of hydrogen-bond acceptors (Lipinski definition) is 15. The van der Waals surface area contributed by atoms with Crippen LogP contribution in [-0.4, -0.2) is 92.5 Å². The molecule has 7 N–H and O–H groups in total. The predicted molar refractivity (Wildman–Crippen MR) is 187 cm³/mol. The van der Waals surface area contributed by atoms with Crippen molar-refractivity contribution in [3.05, 3.63) is 64.7 Å². The van der Waals surface area contributed by atoms with Crippen molar-refractivity contribution in [2.75, 3.05) is 85.4 Å². The number of sulfonamides is 1. The second-order valence-electron chi connectivity index (χ2n) is 11.3. The topological polar surface area (TPSA) is 215 Å². The van der Waals surface area contributed by atoms with Gasteiger partial charge >= 0.3 is 0 Å². The summed E-state index contributed by atoms with van der Waals surface area (Å²) in [4.78, 5) is 30.6. The highest BCUT2D eigenvalue weighted by molar-refractivity contribution is 7.89. The van der Waals surface area contributed by atoms with Crippen LogP contribution in [0.3, 0.4) is 0 Å². The lowest BCUT2D eigenvalue weighted by atomic mass is 9.97. The average molecular weight is 694 g/mol. The van der Waals surface area contributed by atoms with Crippen molar-refractivity contribution in [3.8, 4) is 0 Å². The van der Waals surface area contributed by atoms with Crippen LogP contribution in [0.15, 0.2) is 58.4 Å². The van der Waals surface area contributed by atoms with Crippen LogP contribution in [0.4, 0.5) is 41.1 Å². The standard InChI is InChI=1S/C30H36ClN13O3S/c1-43(2)29-40-28(41-30(42-29)44-13-15-47-16-14-44)34-11-12-35-48(45,46)21-9-5-19(6-10-21)22-17-23(18-3-7-20(31)8-4-18)37-26-24(36-22)25(32)38-27(33)39-26/h3-10,23,35H,11-17H2,1-2H3,(H,34,40,41,42)(H5,32,33,37,38,39). The molecule has 48 heavy (non-hydrogen) atoms. The molecule has 16 nitrogen and oxygen atoms in total. The summed E-state index contributed by atoms with van der Waals surface area (Å²) >= 11 is 6.13. The third kappa shape index (κ3) is 7.65. The third-order valence-corrected chi connectivity index (χ3v) is 9.39. The minimum Gasteiger partial charge on any atom is -0.382 e. The van der Waals surface area contributed by atoms with Crippen molar-refractivity contribution in [1.29, 1.82) is 0 Å². The Morgan fingerprint density at radius 3 is 2.42 bits per heavy atom. The molecule has 2 aliphatic rings. The van der Waals surface area contributed by atoms with Gasteiger partial charge in [0.15, 0.2) is 11.6 Å². The lowest BCUT2D eigenvalue weighted by molar-refractivity contribution is 0.122. The Balaban J connectivity index is 1.15. The Bertz CT molecular complexity index is 1900. The highest BCUT2D eigenvalue weighted by atomic mass is 35.5. The highest BCUT2D eigenvalue weighted by Crippen LogP contribution is 2.38. The van der Waals surface area contributed by atoms with Crippen molar-refractivity contribution >= 4 is 68.5 Å². The van der Waals surface area contributed by atoms with E-state index in [0.717, 1.165) is 5.56 Å². The largest absolute Gasteiger partial charge is 0.382 e. The van der Waals surface area contributed by atoms with Gasteiger partial charge in [0.25, 0.3) is 0 Å². The average Bonchev–Trinajstić information content (AvgIpc) is 3.28. The molecule has 0 aliphatic carbocycles. The van der Waals surface area contributed by atoms with Crippen molar-refractivity contribution in [1.82, 2.24) is 29.6 Å². The van der Waals surface area contributed by atoms with Crippen molar-refractivity contribution in [3.63, 3.8) is 0 Å². The van der Waals surface area contributed by atoms with E-state index in [4.69, 9.17) is 32.8 Å². The zero-order chi connectivity index (χ0) is 33.8. The summed E-state index contributed by atoms with van der Waals surface area (Å²) in [7, 11) is -0.136. The number of ether oxygens (including phenoxy) is 1. The first-order valence-electron chi connectivity index (χ1n) is 15.2. The summed E-state index contributed by atoms with van der Waals surface area (Å²) < 4.78 is 34.5. The fourth-order valence-corrected chi connectivity index (χ4v) is 6.33. The van der Waals surface area contributed by atoms with Gasteiger partial charge in [0.1, 0.15) is 5.69 Å². The molecule has 18 heteroatoms. The molecule has 1 fully saturated rings. The van der Waals surface area contributed by atoms with Gasteiger partial charge in [0, 0.05) is 51.7 Å². The number of anilines is 6. The molecule has 2 aromatic heterocycles. The summed E-state index contributed by atoms with van der Waals surface area (Å²) in [6.07, 6.45) is 0.438. The number of benzene rings is 2. The van der Waals surface area contributed by atoms with Crippen LogP contribution in [0, 0.1) is 0 Å². The lowest BCUT2D eigenvalue weighted by Crippen LogP contribution is -2.38. The summed E-state index contributed by atoms with van der Waals surface area (Å²) in [5.74, 6) is 1.93. The first kappa shape index (κ1) is 33.1. The number of nitrogens with two attached hydrogens (primary N) is 2. The number of aliphatic imine (C=N–C) groups is 1. The van der Waals surface area contributed by atoms with Crippen LogP contribution in [-0.2, 0) is 14.8 Å². The summed E-state index contributed by atoms with van der Waals surface area (Å²) in [5.41, 5.74) is 14.7. The van der Waals surface area contributed by atoms with Gasteiger partial charge in [0.2, 0.25) is 33.8 Å². The van der Waals surface area contributed by atoms with Gasteiger partial charge in [-0.3, -0.25) is 0 Å². The fraction of sp³-hybridized carbons (Fsp3) is 0.333. The van der Waals surface area contributed by atoms with Crippen LogP contribution < -0.4 is 36.6 Å². The number of nitrogens with zero attached hydrogens (tertiary/aromatic N) is 8.